The first-order valence-corrected chi connectivity index (χ1v) is 15.2. The average Bonchev–Trinajstić information content (AvgIpc) is 3.24. The smallest absolute Gasteiger partial charge is 0.270 e. The lowest BCUT2D eigenvalue weighted by Gasteiger charge is -2.39. The third-order valence-electron chi connectivity index (χ3n) is 7.31. The van der Waals surface area contributed by atoms with Crippen LogP contribution < -0.4 is 15.4 Å². The zero-order valence-electron chi connectivity index (χ0n) is 23.5. The number of hydrogen-bond donors (Lipinski definition) is 0. The molecule has 0 spiro atoms. The SMILES string of the molecule is CCCCn1c(N2CCN(c3ccccc3)CC2)c(C=C2SC(=S)N(CCCOCC)C2=O)c(C)c(C#N)c1=O. The van der Waals surface area contributed by atoms with Crippen molar-refractivity contribution in [2.24, 2.45) is 0 Å². The molecule has 0 N–H and O–H groups in total. The van der Waals surface area contributed by atoms with Gasteiger partial charge in [0.25, 0.3) is 11.5 Å². The van der Waals surface area contributed by atoms with Crippen LogP contribution in [0.5, 0.6) is 0 Å². The number of amides is 1. The predicted molar refractivity (Wildman–Crippen MR) is 167 cm³/mol. The van der Waals surface area contributed by atoms with Crippen molar-refractivity contribution < 1.29 is 9.53 Å². The van der Waals surface area contributed by atoms with Gasteiger partial charge in [-0.25, -0.2) is 0 Å². The van der Waals surface area contributed by atoms with E-state index in [1.54, 1.807) is 9.47 Å². The van der Waals surface area contributed by atoms with Gasteiger partial charge >= 0.3 is 0 Å². The molecule has 40 heavy (non-hydrogen) atoms. The van der Waals surface area contributed by atoms with E-state index in [-0.39, 0.29) is 17.0 Å². The fourth-order valence-electron chi connectivity index (χ4n) is 5.12. The molecule has 212 valence electrons. The summed E-state index contributed by atoms with van der Waals surface area (Å²) in [5.74, 6) is 0.639. The van der Waals surface area contributed by atoms with E-state index in [9.17, 15) is 14.9 Å². The maximum Gasteiger partial charge on any atom is 0.270 e. The summed E-state index contributed by atoms with van der Waals surface area (Å²) in [6, 6.07) is 12.5. The van der Waals surface area contributed by atoms with Crippen LogP contribution in [-0.2, 0) is 16.1 Å². The Morgan fingerprint density at radius 3 is 2.40 bits per heavy atom. The molecule has 2 aliphatic heterocycles. The number of unbranched alkanes of at least 4 members (excludes halogenated alkanes) is 1. The summed E-state index contributed by atoms with van der Waals surface area (Å²) < 4.78 is 7.70. The van der Waals surface area contributed by atoms with Gasteiger partial charge in [0.05, 0.1) is 4.91 Å². The van der Waals surface area contributed by atoms with Gasteiger partial charge in [-0.1, -0.05) is 55.5 Å². The zero-order chi connectivity index (χ0) is 28.6. The molecule has 0 unspecified atom stereocenters. The van der Waals surface area contributed by atoms with Crippen LogP contribution in [0.3, 0.4) is 0 Å². The van der Waals surface area contributed by atoms with Gasteiger partial charge in [0.2, 0.25) is 0 Å². The van der Waals surface area contributed by atoms with Crippen LogP contribution in [0.25, 0.3) is 6.08 Å². The van der Waals surface area contributed by atoms with E-state index in [1.165, 1.54) is 17.4 Å². The van der Waals surface area contributed by atoms with Crippen molar-refractivity contribution in [3.8, 4) is 6.07 Å². The summed E-state index contributed by atoms with van der Waals surface area (Å²) in [5, 5.41) is 9.96. The fourth-order valence-corrected chi connectivity index (χ4v) is 6.41. The van der Waals surface area contributed by atoms with Gasteiger partial charge in [0, 0.05) is 63.7 Å². The summed E-state index contributed by atoms with van der Waals surface area (Å²) in [4.78, 5) is 33.7. The number of thioether (sulfide) groups is 1. The van der Waals surface area contributed by atoms with E-state index in [1.807, 2.05) is 38.1 Å². The van der Waals surface area contributed by atoms with E-state index in [4.69, 9.17) is 17.0 Å². The van der Waals surface area contributed by atoms with Crippen molar-refractivity contribution in [2.75, 3.05) is 55.7 Å². The van der Waals surface area contributed by atoms with Gasteiger partial charge in [-0.3, -0.25) is 19.1 Å². The molecule has 0 aliphatic carbocycles. The zero-order valence-corrected chi connectivity index (χ0v) is 25.2. The molecule has 1 aromatic heterocycles. The highest BCUT2D eigenvalue weighted by molar-refractivity contribution is 8.26. The molecule has 3 heterocycles. The van der Waals surface area contributed by atoms with Crippen LogP contribution in [0.1, 0.15) is 49.8 Å². The van der Waals surface area contributed by atoms with Crippen molar-refractivity contribution in [2.45, 2.75) is 46.6 Å². The van der Waals surface area contributed by atoms with Gasteiger partial charge in [-0.2, -0.15) is 5.26 Å². The first-order valence-electron chi connectivity index (χ1n) is 14.0. The number of para-hydroxylation sites is 1. The number of nitrogens with zero attached hydrogens (tertiary/aromatic N) is 5. The summed E-state index contributed by atoms with van der Waals surface area (Å²) in [6.45, 7) is 11.1. The van der Waals surface area contributed by atoms with Crippen LogP contribution >= 0.6 is 24.0 Å². The Morgan fingerprint density at radius 2 is 1.75 bits per heavy atom. The lowest BCUT2D eigenvalue weighted by atomic mass is 10.0. The standard InChI is InChI=1S/C30H37N5O3S2/c1-4-6-13-34-27(33-17-15-32(16-18-33)23-11-8-7-9-12-23)24(22(3)25(21-31)28(34)36)20-26-29(37)35(30(39)40-26)14-10-19-38-5-2/h7-9,11-12,20H,4-6,10,13-19H2,1-3H3. The van der Waals surface area contributed by atoms with Gasteiger partial charge < -0.3 is 14.5 Å². The van der Waals surface area contributed by atoms with Crippen LogP contribution in [-0.4, -0.2) is 65.6 Å². The molecular formula is C30H37N5O3S2. The van der Waals surface area contributed by atoms with Gasteiger partial charge in [0.1, 0.15) is 21.8 Å². The highest BCUT2D eigenvalue weighted by Gasteiger charge is 2.33. The van der Waals surface area contributed by atoms with E-state index < -0.39 is 0 Å². The third kappa shape index (κ3) is 6.43. The van der Waals surface area contributed by atoms with Crippen molar-refractivity contribution in [1.82, 2.24) is 9.47 Å². The quantitative estimate of drug-likeness (QED) is 0.214. The second-order valence-corrected chi connectivity index (χ2v) is 11.5. The molecule has 4 rings (SSSR count). The molecule has 1 amide bonds. The Balaban J connectivity index is 1.73. The molecule has 0 saturated carbocycles. The number of carbonyl (C=O) groups is 1. The summed E-state index contributed by atoms with van der Waals surface area (Å²) >= 11 is 6.83. The maximum atomic E-state index is 13.6. The van der Waals surface area contributed by atoms with E-state index in [2.05, 4.69) is 34.9 Å². The van der Waals surface area contributed by atoms with Crippen LogP contribution in [0.15, 0.2) is 40.0 Å². The molecule has 2 aliphatic rings. The molecule has 2 fully saturated rings. The van der Waals surface area contributed by atoms with E-state index in [0.29, 0.717) is 60.6 Å². The van der Waals surface area contributed by atoms with Crippen molar-refractivity contribution in [3.05, 3.63) is 62.3 Å². The molecule has 2 saturated heterocycles. The minimum atomic E-state index is -0.269. The second-order valence-electron chi connectivity index (χ2n) is 9.85. The van der Waals surface area contributed by atoms with Crippen molar-refractivity contribution >= 4 is 51.8 Å². The number of pyridine rings is 1. The average molecular weight is 580 g/mol. The van der Waals surface area contributed by atoms with Crippen molar-refractivity contribution in [3.63, 3.8) is 0 Å². The highest BCUT2D eigenvalue weighted by Crippen LogP contribution is 2.36. The Kier molecular flexibility index (Phi) is 10.4. The minimum absolute atomic E-state index is 0.126. The molecule has 0 bridgehead atoms. The number of piperazine rings is 1. The summed E-state index contributed by atoms with van der Waals surface area (Å²) in [7, 11) is 0. The number of ether oxygens (including phenoxy) is 1. The van der Waals surface area contributed by atoms with Crippen LogP contribution in [0.2, 0.25) is 0 Å². The molecule has 2 aromatic rings. The lowest BCUT2D eigenvalue weighted by Crippen LogP contribution is -2.48. The molecule has 0 atom stereocenters. The van der Waals surface area contributed by atoms with Crippen LogP contribution in [0.4, 0.5) is 11.5 Å². The number of aromatic nitrogens is 1. The first kappa shape index (κ1) is 29.8. The lowest BCUT2D eigenvalue weighted by molar-refractivity contribution is -0.122. The molecule has 0 radical (unpaired) electrons. The number of carbonyl (C=O) groups excluding carboxylic acids is 1. The van der Waals surface area contributed by atoms with Gasteiger partial charge in [0.15, 0.2) is 0 Å². The number of thiocarbonyl (C=S) groups is 1. The maximum absolute atomic E-state index is 13.6. The Hall–Kier alpha value is -3.13. The summed E-state index contributed by atoms with van der Waals surface area (Å²) in [5.41, 5.74) is 2.38. The largest absolute Gasteiger partial charge is 0.382 e. The molecular weight excluding hydrogens is 542 g/mol. The highest BCUT2D eigenvalue weighted by atomic mass is 32.2. The Labute approximate surface area is 246 Å². The number of nitriles is 1. The van der Waals surface area contributed by atoms with Crippen LogP contribution in [0, 0.1) is 18.3 Å². The predicted octanol–water partition coefficient (Wildman–Crippen LogP) is 4.78. The Bertz CT molecular complexity index is 1360. The monoisotopic (exact) mass is 579 g/mol. The van der Waals surface area contributed by atoms with E-state index in [0.717, 1.165) is 37.3 Å². The van der Waals surface area contributed by atoms with Gasteiger partial charge in [-0.05, 0) is 50.5 Å². The normalized spacial score (nSPS) is 16.8. The third-order valence-corrected chi connectivity index (χ3v) is 8.68. The number of anilines is 2. The fraction of sp³-hybridized carbons (Fsp3) is 0.467. The van der Waals surface area contributed by atoms with Gasteiger partial charge in [-0.15, -0.1) is 0 Å². The molecule has 1 aromatic carbocycles. The number of rotatable bonds is 11. The Morgan fingerprint density at radius 1 is 1.05 bits per heavy atom. The number of benzene rings is 1. The molecule has 10 heteroatoms. The van der Waals surface area contributed by atoms with E-state index >= 15 is 0 Å². The molecule has 8 nitrogen and oxygen atoms in total. The van der Waals surface area contributed by atoms with Crippen molar-refractivity contribution in [1.29, 1.82) is 5.26 Å². The summed E-state index contributed by atoms with van der Waals surface area (Å²) in [6.07, 6.45) is 4.27. The second kappa shape index (κ2) is 14.0. The minimum Gasteiger partial charge on any atom is -0.382 e. The first-order chi connectivity index (χ1) is 19.4. The number of hydrogen-bond acceptors (Lipinski definition) is 8. The topological polar surface area (TPSA) is 81.8 Å².